The molecule has 68 valence electrons. The fourth-order valence-corrected chi connectivity index (χ4v) is 1.30. The Hall–Kier alpha value is -1.38. The van der Waals surface area contributed by atoms with Gasteiger partial charge in [0.2, 0.25) is 0 Å². The lowest BCUT2D eigenvalue weighted by atomic mass is 10.2. The van der Waals surface area contributed by atoms with Gasteiger partial charge in [-0.15, -0.1) is 0 Å². The van der Waals surface area contributed by atoms with Crippen LogP contribution >= 0.6 is 0 Å². The summed E-state index contributed by atoms with van der Waals surface area (Å²) in [7, 11) is 1.62. The van der Waals surface area contributed by atoms with Crippen molar-refractivity contribution in [2.45, 2.75) is 18.8 Å². The van der Waals surface area contributed by atoms with Crippen molar-refractivity contribution in [2.75, 3.05) is 7.05 Å². The molecule has 3 heteroatoms. The predicted molar refractivity (Wildman–Crippen MR) is 49.6 cm³/mol. The van der Waals surface area contributed by atoms with Crippen molar-refractivity contribution in [3.63, 3.8) is 0 Å². The van der Waals surface area contributed by atoms with Gasteiger partial charge in [-0.1, -0.05) is 0 Å². The van der Waals surface area contributed by atoms with Gasteiger partial charge in [-0.2, -0.15) is 0 Å². The Morgan fingerprint density at radius 2 is 2.31 bits per heavy atom. The van der Waals surface area contributed by atoms with Crippen LogP contribution in [-0.2, 0) is 0 Å². The number of nitrogens with one attached hydrogen (secondary N) is 1. The zero-order chi connectivity index (χ0) is 9.26. The fraction of sp³-hybridized carbons (Fsp3) is 0.400. The molecule has 1 aliphatic carbocycles. The Morgan fingerprint density at radius 3 is 2.77 bits per heavy atom. The minimum absolute atomic E-state index is 0.0742. The van der Waals surface area contributed by atoms with Gasteiger partial charge in [0, 0.05) is 24.9 Å². The molecule has 13 heavy (non-hydrogen) atoms. The first-order chi connectivity index (χ1) is 6.31. The lowest BCUT2D eigenvalue weighted by Gasteiger charge is -2.00. The number of pyridine rings is 1. The van der Waals surface area contributed by atoms with Crippen LogP contribution in [0.5, 0.6) is 0 Å². The highest BCUT2D eigenvalue weighted by atomic mass is 16.1. The molecule has 0 bridgehead atoms. The zero-order valence-electron chi connectivity index (χ0n) is 7.58. The van der Waals surface area contributed by atoms with Gasteiger partial charge in [0.1, 0.15) is 0 Å². The second-order valence-corrected chi connectivity index (χ2v) is 3.33. The molecule has 1 heterocycles. The Kier molecular flexibility index (Phi) is 2.00. The topological polar surface area (TPSA) is 42.0 Å². The van der Waals surface area contributed by atoms with Gasteiger partial charge in [0.05, 0.1) is 5.56 Å². The number of hydrogen-bond donors (Lipinski definition) is 1. The maximum absolute atomic E-state index is 11.2. The standard InChI is InChI=1S/C10H12N2O/c1-11-10(13)8-4-5-9(12-6-8)7-2-3-7/h4-7H,2-3H2,1H3,(H,11,13). The number of carbonyl (C=O) groups is 1. The SMILES string of the molecule is CNC(=O)c1ccc(C2CC2)nc1. The Bertz CT molecular complexity index is 314. The maximum Gasteiger partial charge on any atom is 0.252 e. The summed E-state index contributed by atoms with van der Waals surface area (Å²) in [4.78, 5) is 15.4. The number of rotatable bonds is 2. The van der Waals surface area contributed by atoms with Crippen molar-refractivity contribution < 1.29 is 4.79 Å². The van der Waals surface area contributed by atoms with Gasteiger partial charge in [-0.3, -0.25) is 9.78 Å². The highest BCUT2D eigenvalue weighted by molar-refractivity contribution is 5.93. The highest BCUT2D eigenvalue weighted by Gasteiger charge is 2.24. The van der Waals surface area contributed by atoms with E-state index in [0.717, 1.165) is 5.69 Å². The summed E-state index contributed by atoms with van der Waals surface area (Å²) < 4.78 is 0. The first-order valence-corrected chi connectivity index (χ1v) is 4.49. The third kappa shape index (κ3) is 1.69. The van der Waals surface area contributed by atoms with Crippen molar-refractivity contribution >= 4 is 5.91 Å². The van der Waals surface area contributed by atoms with Crippen molar-refractivity contribution in [1.29, 1.82) is 0 Å². The van der Waals surface area contributed by atoms with Crippen LogP contribution in [-0.4, -0.2) is 17.9 Å². The van der Waals surface area contributed by atoms with E-state index in [2.05, 4.69) is 10.3 Å². The van der Waals surface area contributed by atoms with Crippen LogP contribution in [0, 0.1) is 0 Å². The monoisotopic (exact) mass is 176 g/mol. The molecule has 1 fully saturated rings. The number of amides is 1. The Morgan fingerprint density at radius 1 is 1.54 bits per heavy atom. The summed E-state index contributed by atoms with van der Waals surface area (Å²) in [5, 5.41) is 2.57. The third-order valence-corrected chi connectivity index (χ3v) is 2.27. The third-order valence-electron chi connectivity index (χ3n) is 2.27. The smallest absolute Gasteiger partial charge is 0.252 e. The van der Waals surface area contributed by atoms with E-state index >= 15 is 0 Å². The highest BCUT2D eigenvalue weighted by Crippen LogP contribution is 2.38. The molecular formula is C10H12N2O. The molecule has 0 aromatic carbocycles. The Balaban J connectivity index is 2.17. The quantitative estimate of drug-likeness (QED) is 0.738. The van der Waals surface area contributed by atoms with Crippen LogP contribution in [0.4, 0.5) is 0 Å². The lowest BCUT2D eigenvalue weighted by molar-refractivity contribution is 0.0962. The van der Waals surface area contributed by atoms with Crippen molar-refractivity contribution in [3.05, 3.63) is 29.6 Å². The van der Waals surface area contributed by atoms with E-state index in [9.17, 15) is 4.79 Å². The lowest BCUT2D eigenvalue weighted by Crippen LogP contribution is -2.17. The molecule has 0 saturated heterocycles. The molecule has 0 radical (unpaired) electrons. The molecule has 2 rings (SSSR count). The molecule has 1 amide bonds. The number of aromatic nitrogens is 1. The van der Waals surface area contributed by atoms with Gasteiger partial charge < -0.3 is 5.32 Å². The van der Waals surface area contributed by atoms with Gasteiger partial charge >= 0.3 is 0 Å². The summed E-state index contributed by atoms with van der Waals surface area (Å²) >= 11 is 0. The summed E-state index contributed by atoms with van der Waals surface area (Å²) in [5.74, 6) is 0.577. The van der Waals surface area contributed by atoms with Gasteiger partial charge in [0.15, 0.2) is 0 Å². The van der Waals surface area contributed by atoms with Gasteiger partial charge in [0.25, 0.3) is 5.91 Å². The van der Waals surface area contributed by atoms with E-state index in [-0.39, 0.29) is 5.91 Å². The molecule has 1 aliphatic rings. The second-order valence-electron chi connectivity index (χ2n) is 3.33. The molecule has 0 spiro atoms. The van der Waals surface area contributed by atoms with Crippen molar-refractivity contribution in [2.24, 2.45) is 0 Å². The van der Waals surface area contributed by atoms with E-state index in [0.29, 0.717) is 11.5 Å². The molecule has 0 atom stereocenters. The number of carbonyl (C=O) groups excluding carboxylic acids is 1. The average molecular weight is 176 g/mol. The molecule has 1 saturated carbocycles. The van der Waals surface area contributed by atoms with Gasteiger partial charge in [-0.05, 0) is 25.0 Å². The summed E-state index contributed by atoms with van der Waals surface area (Å²) in [6.45, 7) is 0. The normalized spacial score (nSPS) is 15.5. The van der Waals surface area contributed by atoms with Crippen molar-refractivity contribution in [3.8, 4) is 0 Å². The molecule has 1 N–H and O–H groups in total. The minimum Gasteiger partial charge on any atom is -0.355 e. The summed E-state index contributed by atoms with van der Waals surface area (Å²) in [6, 6.07) is 3.78. The van der Waals surface area contributed by atoms with Crippen LogP contribution in [0.1, 0.15) is 34.8 Å². The molecule has 0 unspecified atom stereocenters. The molecule has 3 nitrogen and oxygen atoms in total. The minimum atomic E-state index is -0.0742. The zero-order valence-corrected chi connectivity index (χ0v) is 7.58. The first-order valence-electron chi connectivity index (χ1n) is 4.49. The van der Waals surface area contributed by atoms with Crippen LogP contribution in [0.15, 0.2) is 18.3 Å². The van der Waals surface area contributed by atoms with E-state index in [1.54, 1.807) is 13.2 Å². The van der Waals surface area contributed by atoms with E-state index in [1.807, 2.05) is 12.1 Å². The molecule has 1 aromatic rings. The second kappa shape index (κ2) is 3.17. The van der Waals surface area contributed by atoms with Crippen LogP contribution in [0.2, 0.25) is 0 Å². The van der Waals surface area contributed by atoms with E-state index in [1.165, 1.54) is 12.8 Å². The van der Waals surface area contributed by atoms with Crippen LogP contribution in [0.25, 0.3) is 0 Å². The maximum atomic E-state index is 11.2. The number of nitrogens with zero attached hydrogens (tertiary/aromatic N) is 1. The first kappa shape index (κ1) is 8.23. The molecule has 0 aliphatic heterocycles. The van der Waals surface area contributed by atoms with Crippen molar-refractivity contribution in [1.82, 2.24) is 10.3 Å². The molecular weight excluding hydrogens is 164 g/mol. The molecule has 1 aromatic heterocycles. The summed E-state index contributed by atoms with van der Waals surface area (Å²) in [6.07, 6.45) is 4.13. The number of hydrogen-bond acceptors (Lipinski definition) is 2. The van der Waals surface area contributed by atoms with Gasteiger partial charge in [-0.25, -0.2) is 0 Å². The average Bonchev–Trinajstić information content (AvgIpc) is 3.00. The fourth-order valence-electron chi connectivity index (χ4n) is 1.30. The van der Waals surface area contributed by atoms with E-state index in [4.69, 9.17) is 0 Å². The predicted octanol–water partition coefficient (Wildman–Crippen LogP) is 1.32. The Labute approximate surface area is 77.2 Å². The van der Waals surface area contributed by atoms with E-state index < -0.39 is 0 Å². The largest absolute Gasteiger partial charge is 0.355 e. The van der Waals surface area contributed by atoms with Crippen LogP contribution < -0.4 is 5.32 Å². The van der Waals surface area contributed by atoms with Crippen LogP contribution in [0.3, 0.4) is 0 Å². The summed E-state index contributed by atoms with van der Waals surface area (Å²) in [5.41, 5.74) is 1.75.